The highest BCUT2D eigenvalue weighted by atomic mass is 35.5. The molecule has 0 unspecified atom stereocenters. The predicted molar refractivity (Wildman–Crippen MR) is 46.1 cm³/mol. The highest BCUT2D eigenvalue weighted by Gasteiger charge is 2.21. The number of rotatable bonds is 1. The molecule has 0 radical (unpaired) electrons. The van der Waals surface area contributed by atoms with Crippen LogP contribution in [0.4, 0.5) is 0 Å². The molecule has 2 nitrogen and oxygen atoms in total. The summed E-state index contributed by atoms with van der Waals surface area (Å²) in [5, 5.41) is 0. The molecule has 0 spiro atoms. The zero-order chi connectivity index (χ0) is 7.68. The maximum atomic E-state index is 5.73. The predicted octanol–water partition coefficient (Wildman–Crippen LogP) is 1.78. The van der Waals surface area contributed by atoms with E-state index in [9.17, 15) is 0 Å². The van der Waals surface area contributed by atoms with Gasteiger partial charge in [-0.2, -0.15) is 0 Å². The van der Waals surface area contributed by atoms with Crippen molar-refractivity contribution in [1.29, 1.82) is 0 Å². The zero-order valence-electron chi connectivity index (χ0n) is 6.59. The van der Waals surface area contributed by atoms with Crippen LogP contribution >= 0.6 is 11.6 Å². The number of hydrogen-bond acceptors (Lipinski definition) is 2. The fourth-order valence-electron chi connectivity index (χ4n) is 1.76. The molecule has 0 N–H and O–H groups in total. The Bertz CT molecular complexity index is 179. The van der Waals surface area contributed by atoms with Crippen LogP contribution in [-0.4, -0.2) is 29.0 Å². The summed E-state index contributed by atoms with van der Waals surface area (Å²) in [5.41, 5.74) is 1.48. The normalized spacial score (nSPS) is 23.5. The van der Waals surface area contributed by atoms with Crippen LogP contribution in [0.1, 0.15) is 19.3 Å². The zero-order valence-corrected chi connectivity index (χ0v) is 7.35. The van der Waals surface area contributed by atoms with Crippen molar-refractivity contribution >= 4 is 11.6 Å². The minimum atomic E-state index is 0.625. The molecule has 2 heterocycles. The van der Waals surface area contributed by atoms with E-state index < -0.39 is 0 Å². The minimum Gasteiger partial charge on any atom is -0.356 e. The number of hydrogen-bond donors (Lipinski definition) is 0. The molecule has 11 heavy (non-hydrogen) atoms. The third kappa shape index (κ3) is 1.32. The molecule has 2 aliphatic heterocycles. The molecule has 0 aliphatic carbocycles. The summed E-state index contributed by atoms with van der Waals surface area (Å²) in [7, 11) is 0. The lowest BCUT2D eigenvalue weighted by Crippen LogP contribution is -2.29. The summed E-state index contributed by atoms with van der Waals surface area (Å²) in [5.74, 6) is 0. The Morgan fingerprint density at radius 2 is 2.36 bits per heavy atom. The lowest BCUT2D eigenvalue weighted by Gasteiger charge is -2.26. The van der Waals surface area contributed by atoms with E-state index in [0.717, 1.165) is 6.67 Å². The van der Waals surface area contributed by atoms with Crippen molar-refractivity contribution in [3.05, 3.63) is 11.9 Å². The topological polar surface area (TPSA) is 6.48 Å². The number of allylic oxidation sites excluding steroid dienone is 1. The molecule has 3 heteroatoms. The number of alkyl halides is 1. The van der Waals surface area contributed by atoms with Crippen LogP contribution in [0.2, 0.25) is 0 Å². The summed E-state index contributed by atoms with van der Waals surface area (Å²) in [6.07, 6.45) is 6.13. The third-order valence-corrected chi connectivity index (χ3v) is 2.66. The summed E-state index contributed by atoms with van der Waals surface area (Å²) < 4.78 is 0. The van der Waals surface area contributed by atoms with Crippen LogP contribution in [0.5, 0.6) is 0 Å². The molecule has 0 bridgehead atoms. The fourth-order valence-corrected chi connectivity index (χ4v) is 1.91. The van der Waals surface area contributed by atoms with Gasteiger partial charge in [-0.15, -0.1) is 11.6 Å². The first kappa shape index (κ1) is 7.29. The molecule has 0 aromatic heterocycles. The number of halogens is 1. The van der Waals surface area contributed by atoms with Gasteiger partial charge in [-0.25, -0.2) is 0 Å². The average Bonchev–Trinajstić information content (AvgIpc) is 2.46. The molecule has 0 atom stereocenters. The lowest BCUT2D eigenvalue weighted by atomic mass is 10.1. The maximum absolute atomic E-state index is 5.73. The van der Waals surface area contributed by atoms with Gasteiger partial charge in [-0.05, 0) is 19.3 Å². The van der Waals surface area contributed by atoms with Gasteiger partial charge in [-0.3, -0.25) is 0 Å². The van der Waals surface area contributed by atoms with Gasteiger partial charge in [0.25, 0.3) is 0 Å². The van der Waals surface area contributed by atoms with Crippen molar-refractivity contribution in [2.24, 2.45) is 0 Å². The lowest BCUT2D eigenvalue weighted by molar-refractivity contribution is 0.247. The van der Waals surface area contributed by atoms with Crippen molar-refractivity contribution in [3.8, 4) is 0 Å². The Balaban J connectivity index is 2.04. The van der Waals surface area contributed by atoms with E-state index in [1.807, 2.05) is 0 Å². The van der Waals surface area contributed by atoms with E-state index in [1.165, 1.54) is 31.5 Å². The molecule has 0 aromatic carbocycles. The van der Waals surface area contributed by atoms with Gasteiger partial charge in [0, 0.05) is 18.4 Å². The molecule has 0 saturated carbocycles. The van der Waals surface area contributed by atoms with E-state index >= 15 is 0 Å². The first-order valence-corrected chi connectivity index (χ1v) is 4.69. The molecular weight excluding hydrogens is 160 g/mol. The Labute approximate surface area is 72.4 Å². The summed E-state index contributed by atoms with van der Waals surface area (Å²) >= 11 is 5.73. The van der Waals surface area contributed by atoms with Gasteiger partial charge >= 0.3 is 0 Å². The van der Waals surface area contributed by atoms with Gasteiger partial charge in [0.1, 0.15) is 0 Å². The van der Waals surface area contributed by atoms with Crippen LogP contribution in [0.3, 0.4) is 0 Å². The molecule has 2 aliphatic rings. The summed E-state index contributed by atoms with van der Waals surface area (Å²) in [6, 6.07) is 0.625. The quantitative estimate of drug-likeness (QED) is 0.440. The van der Waals surface area contributed by atoms with Gasteiger partial charge in [0.15, 0.2) is 0 Å². The molecule has 0 aromatic rings. The van der Waals surface area contributed by atoms with E-state index in [4.69, 9.17) is 11.6 Å². The molecule has 1 fully saturated rings. The Hall–Kier alpha value is -0.370. The Morgan fingerprint density at radius 1 is 1.45 bits per heavy atom. The first-order chi connectivity index (χ1) is 5.40. The van der Waals surface area contributed by atoms with Crippen molar-refractivity contribution in [2.45, 2.75) is 19.3 Å². The molecule has 2 rings (SSSR count). The molecule has 0 amide bonds. The summed E-state index contributed by atoms with van der Waals surface area (Å²) in [4.78, 5) is 4.58. The Kier molecular flexibility index (Phi) is 1.95. The van der Waals surface area contributed by atoms with Crippen molar-refractivity contribution in [2.75, 3.05) is 19.2 Å². The van der Waals surface area contributed by atoms with Crippen LogP contribution in [0, 0.1) is 0 Å². The van der Waals surface area contributed by atoms with Crippen molar-refractivity contribution < 1.29 is 0 Å². The van der Waals surface area contributed by atoms with E-state index in [2.05, 4.69) is 16.0 Å². The fraction of sp³-hybridized carbons (Fsp3) is 0.750. The second-order valence-electron chi connectivity index (χ2n) is 3.19. The second-order valence-corrected chi connectivity index (χ2v) is 3.43. The SMILES string of the molecule is ClCN1C=C2CCCCN2C1. The maximum Gasteiger partial charge on any atom is 0.0941 e. The number of piperidine rings is 1. The van der Waals surface area contributed by atoms with Gasteiger partial charge in [-0.1, -0.05) is 0 Å². The second kappa shape index (κ2) is 2.94. The smallest absolute Gasteiger partial charge is 0.0941 e. The first-order valence-electron chi connectivity index (χ1n) is 4.16. The van der Waals surface area contributed by atoms with E-state index in [0.29, 0.717) is 6.00 Å². The third-order valence-electron chi connectivity index (χ3n) is 2.35. The Morgan fingerprint density at radius 3 is 3.09 bits per heavy atom. The highest BCUT2D eigenvalue weighted by Crippen LogP contribution is 2.25. The average molecular weight is 173 g/mol. The molecule has 1 saturated heterocycles. The summed E-state index contributed by atoms with van der Waals surface area (Å²) in [6.45, 7) is 2.23. The van der Waals surface area contributed by atoms with Crippen LogP contribution in [-0.2, 0) is 0 Å². The van der Waals surface area contributed by atoms with E-state index in [1.54, 1.807) is 0 Å². The van der Waals surface area contributed by atoms with Crippen LogP contribution < -0.4 is 0 Å². The van der Waals surface area contributed by atoms with Gasteiger partial charge < -0.3 is 9.80 Å². The molecular formula is C8H13ClN2. The monoisotopic (exact) mass is 172 g/mol. The standard InChI is InChI=1S/C8H13ClN2/c9-6-10-5-8-3-1-2-4-11(8)7-10/h5H,1-4,6-7H2. The number of fused-ring (bicyclic) bond motifs is 1. The number of nitrogens with zero attached hydrogens (tertiary/aromatic N) is 2. The largest absolute Gasteiger partial charge is 0.356 e. The highest BCUT2D eigenvalue weighted by molar-refractivity contribution is 6.17. The molecule has 62 valence electrons. The van der Waals surface area contributed by atoms with Crippen LogP contribution in [0.25, 0.3) is 0 Å². The minimum absolute atomic E-state index is 0.625. The van der Waals surface area contributed by atoms with Gasteiger partial charge in [0.2, 0.25) is 0 Å². The van der Waals surface area contributed by atoms with Crippen LogP contribution in [0.15, 0.2) is 11.9 Å². The van der Waals surface area contributed by atoms with Crippen molar-refractivity contribution in [3.63, 3.8) is 0 Å². The van der Waals surface area contributed by atoms with E-state index in [-0.39, 0.29) is 0 Å². The van der Waals surface area contributed by atoms with Gasteiger partial charge in [0.05, 0.1) is 12.7 Å². The van der Waals surface area contributed by atoms with Crippen molar-refractivity contribution in [1.82, 2.24) is 9.80 Å².